The zero-order valence-electron chi connectivity index (χ0n) is 11.9. The monoisotopic (exact) mass is 331 g/mol. The first kappa shape index (κ1) is 16.6. The van der Waals surface area contributed by atoms with Gasteiger partial charge in [0.15, 0.2) is 0 Å². The van der Waals surface area contributed by atoms with E-state index in [9.17, 15) is 9.90 Å². The number of carbonyl (C=O) groups excluding carboxylic acids is 1. The third kappa shape index (κ3) is 4.33. The van der Waals surface area contributed by atoms with Gasteiger partial charge in [0.25, 0.3) is 0 Å². The summed E-state index contributed by atoms with van der Waals surface area (Å²) >= 11 is 12.2. The molecule has 1 aromatic carbocycles. The largest absolute Gasteiger partial charge is 0.388 e. The van der Waals surface area contributed by atoms with Crippen LogP contribution in [0.1, 0.15) is 18.4 Å². The van der Waals surface area contributed by atoms with Crippen molar-refractivity contribution in [3.8, 4) is 0 Å². The molecule has 2 rings (SSSR count). The second kappa shape index (κ2) is 6.97. The zero-order chi connectivity index (χ0) is 15.5. The Bertz CT molecular complexity index is 495. The zero-order valence-corrected chi connectivity index (χ0v) is 13.5. The van der Waals surface area contributed by atoms with Crippen molar-refractivity contribution in [1.29, 1.82) is 0 Å². The minimum absolute atomic E-state index is 0.120. The van der Waals surface area contributed by atoms with Gasteiger partial charge in [-0.1, -0.05) is 29.3 Å². The summed E-state index contributed by atoms with van der Waals surface area (Å²) in [5.74, 6) is -0.120. The Balaban J connectivity index is 1.99. The van der Waals surface area contributed by atoms with E-state index in [4.69, 9.17) is 27.9 Å². The van der Waals surface area contributed by atoms with Gasteiger partial charge in [-0.2, -0.15) is 0 Å². The van der Waals surface area contributed by atoms with Crippen molar-refractivity contribution in [3.63, 3.8) is 0 Å². The van der Waals surface area contributed by atoms with Crippen LogP contribution >= 0.6 is 23.2 Å². The van der Waals surface area contributed by atoms with Gasteiger partial charge in [-0.3, -0.25) is 4.79 Å². The molecule has 21 heavy (non-hydrogen) atoms. The molecule has 0 unspecified atom stereocenters. The van der Waals surface area contributed by atoms with Gasteiger partial charge in [-0.25, -0.2) is 0 Å². The van der Waals surface area contributed by atoms with Gasteiger partial charge in [0, 0.05) is 49.7 Å². The van der Waals surface area contributed by atoms with E-state index in [1.807, 2.05) is 0 Å². The van der Waals surface area contributed by atoms with Gasteiger partial charge in [0.05, 0.1) is 12.0 Å². The highest BCUT2D eigenvalue weighted by molar-refractivity contribution is 6.36. The van der Waals surface area contributed by atoms with Gasteiger partial charge in [0.1, 0.15) is 0 Å². The molecular weight excluding hydrogens is 313 g/mol. The molecule has 0 spiro atoms. The summed E-state index contributed by atoms with van der Waals surface area (Å²) in [7, 11) is 1.68. The molecule has 0 bridgehead atoms. The Morgan fingerprint density at radius 3 is 2.48 bits per heavy atom. The maximum atomic E-state index is 12.3. The molecule has 1 saturated heterocycles. The number of carbonyl (C=O) groups is 1. The third-order valence-electron chi connectivity index (χ3n) is 3.77. The summed E-state index contributed by atoms with van der Waals surface area (Å²) in [6, 6.07) is 5.16. The highest BCUT2D eigenvalue weighted by Gasteiger charge is 2.32. The average Bonchev–Trinajstić information content (AvgIpc) is 2.43. The third-order valence-corrected chi connectivity index (χ3v) is 4.48. The lowest BCUT2D eigenvalue weighted by Crippen LogP contribution is -2.47. The number of ether oxygens (including phenoxy) is 1. The van der Waals surface area contributed by atoms with E-state index in [1.54, 1.807) is 25.2 Å². The number of rotatable bonds is 4. The molecule has 0 aliphatic carbocycles. The van der Waals surface area contributed by atoms with Crippen molar-refractivity contribution in [3.05, 3.63) is 33.8 Å². The van der Waals surface area contributed by atoms with Crippen molar-refractivity contribution < 1.29 is 14.6 Å². The smallest absolute Gasteiger partial charge is 0.226 e. The highest BCUT2D eigenvalue weighted by Crippen LogP contribution is 2.26. The van der Waals surface area contributed by atoms with Crippen LogP contribution in [0.4, 0.5) is 0 Å². The Hall–Kier alpha value is -0.810. The van der Waals surface area contributed by atoms with Gasteiger partial charge < -0.3 is 14.7 Å². The van der Waals surface area contributed by atoms with E-state index in [0.717, 1.165) is 0 Å². The maximum Gasteiger partial charge on any atom is 0.226 e. The molecule has 116 valence electrons. The summed E-state index contributed by atoms with van der Waals surface area (Å²) in [6.45, 7) is 1.33. The Morgan fingerprint density at radius 1 is 1.33 bits per heavy atom. The van der Waals surface area contributed by atoms with Crippen LogP contribution in [0.15, 0.2) is 18.2 Å². The summed E-state index contributed by atoms with van der Waals surface area (Å²) in [6.07, 6.45) is 1.20. The number of likely N-dealkylation sites (N-methyl/N-ethyl adjacent to an activating group) is 1. The van der Waals surface area contributed by atoms with Gasteiger partial charge in [-0.15, -0.1) is 0 Å². The second-order valence-electron chi connectivity index (χ2n) is 5.46. The van der Waals surface area contributed by atoms with Crippen LogP contribution in [0, 0.1) is 0 Å². The Morgan fingerprint density at radius 2 is 1.90 bits per heavy atom. The number of hydrogen-bond acceptors (Lipinski definition) is 3. The molecule has 0 radical (unpaired) electrons. The van der Waals surface area contributed by atoms with Crippen molar-refractivity contribution >= 4 is 29.1 Å². The molecule has 1 aliphatic rings. The minimum atomic E-state index is -0.868. The van der Waals surface area contributed by atoms with E-state index >= 15 is 0 Å². The first-order valence-electron chi connectivity index (χ1n) is 6.88. The first-order valence-corrected chi connectivity index (χ1v) is 7.64. The van der Waals surface area contributed by atoms with E-state index in [-0.39, 0.29) is 18.9 Å². The first-order chi connectivity index (χ1) is 9.91. The normalized spacial score (nSPS) is 17.5. The van der Waals surface area contributed by atoms with Crippen LogP contribution < -0.4 is 0 Å². The van der Waals surface area contributed by atoms with Crippen LogP contribution in [0.5, 0.6) is 0 Å². The van der Waals surface area contributed by atoms with E-state index < -0.39 is 5.60 Å². The number of hydrogen-bond donors (Lipinski definition) is 1. The Kier molecular flexibility index (Phi) is 5.49. The van der Waals surface area contributed by atoms with Crippen molar-refractivity contribution in [1.82, 2.24) is 4.90 Å². The predicted molar refractivity (Wildman–Crippen MR) is 82.8 cm³/mol. The average molecular weight is 332 g/mol. The predicted octanol–water partition coefficient (Wildman–Crippen LogP) is 2.54. The van der Waals surface area contributed by atoms with Crippen LogP contribution in [0.3, 0.4) is 0 Å². The molecule has 0 saturated carbocycles. The number of amides is 1. The summed E-state index contributed by atoms with van der Waals surface area (Å²) in [5.41, 5.74) is -0.246. The van der Waals surface area contributed by atoms with Crippen LogP contribution in [-0.4, -0.2) is 48.3 Å². The molecule has 1 amide bonds. The summed E-state index contributed by atoms with van der Waals surface area (Å²) in [4.78, 5) is 13.8. The van der Waals surface area contributed by atoms with E-state index in [2.05, 4.69) is 0 Å². The Labute approximate surface area is 134 Å². The molecule has 6 heteroatoms. The molecule has 0 aromatic heterocycles. The van der Waals surface area contributed by atoms with E-state index in [0.29, 0.717) is 41.7 Å². The van der Waals surface area contributed by atoms with Crippen LogP contribution in [0.2, 0.25) is 10.0 Å². The lowest BCUT2D eigenvalue weighted by Gasteiger charge is -2.35. The lowest BCUT2D eigenvalue weighted by atomic mass is 9.94. The fourth-order valence-corrected chi connectivity index (χ4v) is 2.96. The molecule has 1 fully saturated rings. The lowest BCUT2D eigenvalue weighted by molar-refractivity contribution is -0.136. The van der Waals surface area contributed by atoms with Gasteiger partial charge in [-0.05, 0) is 17.7 Å². The number of aliphatic hydroxyl groups is 1. The van der Waals surface area contributed by atoms with Crippen molar-refractivity contribution in [2.75, 3.05) is 26.8 Å². The molecule has 1 aromatic rings. The quantitative estimate of drug-likeness (QED) is 0.922. The SMILES string of the molecule is CN(CC1(O)CCOCC1)C(=O)Cc1c(Cl)cccc1Cl. The number of benzene rings is 1. The standard InChI is InChI=1S/C15H19Cl2NO3/c1-18(10-15(20)5-7-21-8-6-15)14(19)9-11-12(16)3-2-4-13(11)17/h2-4,20H,5-10H2,1H3. The molecule has 4 nitrogen and oxygen atoms in total. The molecule has 1 heterocycles. The van der Waals surface area contributed by atoms with Crippen molar-refractivity contribution in [2.24, 2.45) is 0 Å². The van der Waals surface area contributed by atoms with Gasteiger partial charge >= 0.3 is 0 Å². The van der Waals surface area contributed by atoms with Gasteiger partial charge in [0.2, 0.25) is 5.91 Å². The molecule has 1 N–H and O–H groups in total. The molecular formula is C15H19Cl2NO3. The minimum Gasteiger partial charge on any atom is -0.388 e. The molecule has 0 atom stereocenters. The van der Waals surface area contributed by atoms with Crippen LogP contribution in [-0.2, 0) is 16.0 Å². The second-order valence-corrected chi connectivity index (χ2v) is 6.28. The highest BCUT2D eigenvalue weighted by atomic mass is 35.5. The fraction of sp³-hybridized carbons (Fsp3) is 0.533. The van der Waals surface area contributed by atoms with E-state index in [1.165, 1.54) is 4.90 Å². The molecule has 1 aliphatic heterocycles. The van der Waals surface area contributed by atoms with Crippen LogP contribution in [0.25, 0.3) is 0 Å². The number of nitrogens with zero attached hydrogens (tertiary/aromatic N) is 1. The maximum absolute atomic E-state index is 12.3. The van der Waals surface area contributed by atoms with Crippen molar-refractivity contribution in [2.45, 2.75) is 24.9 Å². The summed E-state index contributed by atoms with van der Waals surface area (Å²) < 4.78 is 5.24. The topological polar surface area (TPSA) is 49.8 Å². The summed E-state index contributed by atoms with van der Waals surface area (Å²) in [5, 5.41) is 11.4. The number of halogens is 2. The fourth-order valence-electron chi connectivity index (χ4n) is 2.43.